The van der Waals surface area contributed by atoms with E-state index in [0.29, 0.717) is 0 Å². The van der Waals surface area contributed by atoms with Crippen molar-refractivity contribution in [3.63, 3.8) is 0 Å². The van der Waals surface area contributed by atoms with Gasteiger partial charge in [0.05, 0.1) is 5.02 Å². The predicted molar refractivity (Wildman–Crippen MR) is 63.8 cm³/mol. The van der Waals surface area contributed by atoms with Crippen LogP contribution in [0.1, 0.15) is 6.42 Å². The lowest BCUT2D eigenvalue weighted by atomic mass is 10.3. The number of alkyl halides is 3. The minimum absolute atomic E-state index is 0.0664. The second-order valence-corrected chi connectivity index (χ2v) is 6.36. The second-order valence-electron chi connectivity index (χ2n) is 3.42. The average Bonchev–Trinajstić information content (AvgIpc) is 2.11. The Balaban J connectivity index is 2.89. The van der Waals surface area contributed by atoms with Crippen LogP contribution in [0.5, 0.6) is 0 Å². The molecule has 1 amide bonds. The molecular formula is C9H6Cl2F3NO3S. The molecule has 0 spiro atoms. The fourth-order valence-electron chi connectivity index (χ4n) is 1.16. The summed E-state index contributed by atoms with van der Waals surface area (Å²) in [6, 6.07) is 3.05. The van der Waals surface area contributed by atoms with Crippen LogP contribution in [0, 0.1) is 0 Å². The Morgan fingerprint density at radius 2 is 1.89 bits per heavy atom. The van der Waals surface area contributed by atoms with Gasteiger partial charge in [-0.3, -0.25) is 4.79 Å². The summed E-state index contributed by atoms with van der Waals surface area (Å²) < 4.78 is 57.8. The van der Waals surface area contributed by atoms with Crippen molar-refractivity contribution in [1.82, 2.24) is 0 Å². The molecule has 0 aliphatic heterocycles. The molecule has 0 unspecified atom stereocenters. The van der Waals surface area contributed by atoms with Crippen molar-refractivity contribution < 1.29 is 26.4 Å². The molecule has 10 heteroatoms. The molecule has 1 rings (SSSR count). The fourth-order valence-corrected chi connectivity index (χ4v) is 2.69. The largest absolute Gasteiger partial charge is 0.397 e. The topological polar surface area (TPSA) is 63.2 Å². The van der Waals surface area contributed by atoms with E-state index in [9.17, 15) is 26.4 Å². The van der Waals surface area contributed by atoms with Crippen LogP contribution in [0.4, 0.5) is 18.9 Å². The summed E-state index contributed by atoms with van der Waals surface area (Å²) in [5.74, 6) is -1.29. The molecule has 106 valence electrons. The van der Waals surface area contributed by atoms with E-state index in [-0.39, 0.29) is 10.7 Å². The standard InChI is InChI=1S/C9H6Cl2F3NO3S/c10-6-3-5(1-2-7(6)19(11,17)18)15-8(16)4-9(12,13)14/h1-3H,4H2,(H,15,16). The lowest BCUT2D eigenvalue weighted by Gasteiger charge is -2.09. The van der Waals surface area contributed by atoms with E-state index in [0.717, 1.165) is 18.2 Å². The Labute approximate surface area is 115 Å². The third-order valence-corrected chi connectivity index (χ3v) is 3.64. The highest BCUT2D eigenvalue weighted by molar-refractivity contribution is 8.13. The number of hydrogen-bond donors (Lipinski definition) is 1. The van der Waals surface area contributed by atoms with Gasteiger partial charge in [-0.25, -0.2) is 8.42 Å². The van der Waals surface area contributed by atoms with Gasteiger partial charge in [-0.15, -0.1) is 0 Å². The average molecular weight is 336 g/mol. The van der Waals surface area contributed by atoms with Gasteiger partial charge in [0.1, 0.15) is 11.3 Å². The first-order valence-electron chi connectivity index (χ1n) is 4.60. The van der Waals surface area contributed by atoms with E-state index in [1.165, 1.54) is 0 Å². The van der Waals surface area contributed by atoms with E-state index >= 15 is 0 Å². The normalized spacial score (nSPS) is 12.3. The Morgan fingerprint density at radius 1 is 1.32 bits per heavy atom. The van der Waals surface area contributed by atoms with Gasteiger partial charge in [0.15, 0.2) is 0 Å². The van der Waals surface area contributed by atoms with Crippen LogP contribution < -0.4 is 5.32 Å². The van der Waals surface area contributed by atoms with Crippen LogP contribution in [-0.4, -0.2) is 20.5 Å². The van der Waals surface area contributed by atoms with Gasteiger partial charge >= 0.3 is 6.18 Å². The highest BCUT2D eigenvalue weighted by Crippen LogP contribution is 2.28. The van der Waals surface area contributed by atoms with Crippen LogP contribution in [0.3, 0.4) is 0 Å². The molecule has 0 fully saturated rings. The molecule has 1 aromatic rings. The summed E-state index contributed by atoms with van der Waals surface area (Å²) in [5.41, 5.74) is -0.0664. The van der Waals surface area contributed by atoms with E-state index < -0.39 is 32.5 Å². The van der Waals surface area contributed by atoms with Gasteiger partial charge in [-0.1, -0.05) is 11.6 Å². The number of nitrogens with one attached hydrogen (secondary N) is 1. The summed E-state index contributed by atoms with van der Waals surface area (Å²) in [4.78, 5) is 10.6. The fraction of sp³-hybridized carbons (Fsp3) is 0.222. The first-order valence-corrected chi connectivity index (χ1v) is 7.28. The van der Waals surface area contributed by atoms with Gasteiger partial charge in [0.25, 0.3) is 9.05 Å². The number of carbonyl (C=O) groups is 1. The maximum atomic E-state index is 11.9. The van der Waals surface area contributed by atoms with Crippen LogP contribution in [0.15, 0.2) is 23.1 Å². The quantitative estimate of drug-likeness (QED) is 0.863. The molecule has 0 saturated carbocycles. The number of hydrogen-bond acceptors (Lipinski definition) is 3. The second kappa shape index (κ2) is 5.56. The molecule has 19 heavy (non-hydrogen) atoms. The molecular weight excluding hydrogens is 330 g/mol. The minimum atomic E-state index is -4.63. The Hall–Kier alpha value is -0.990. The summed E-state index contributed by atoms with van der Waals surface area (Å²) in [5, 5.41) is 1.63. The predicted octanol–water partition coefficient (Wildman–Crippen LogP) is 3.16. The molecule has 0 aliphatic carbocycles. The lowest BCUT2D eigenvalue weighted by Crippen LogP contribution is -2.21. The van der Waals surface area contributed by atoms with Crippen molar-refractivity contribution in [1.29, 1.82) is 0 Å². The zero-order valence-corrected chi connectivity index (χ0v) is 11.3. The molecule has 0 aliphatic rings. The zero-order chi connectivity index (χ0) is 14.8. The van der Waals surface area contributed by atoms with Gasteiger partial charge in [0, 0.05) is 16.4 Å². The molecule has 0 bridgehead atoms. The number of rotatable bonds is 3. The maximum Gasteiger partial charge on any atom is 0.397 e. The molecule has 0 saturated heterocycles. The van der Waals surface area contributed by atoms with Crippen LogP contribution in [0.25, 0.3) is 0 Å². The third-order valence-electron chi connectivity index (χ3n) is 1.84. The molecule has 4 nitrogen and oxygen atoms in total. The number of benzene rings is 1. The van der Waals surface area contributed by atoms with Crippen molar-refractivity contribution in [3.05, 3.63) is 23.2 Å². The van der Waals surface area contributed by atoms with Crippen LogP contribution >= 0.6 is 22.3 Å². The summed E-state index contributed by atoms with van der Waals surface area (Å²) in [6.45, 7) is 0. The van der Waals surface area contributed by atoms with E-state index in [1.54, 1.807) is 0 Å². The van der Waals surface area contributed by atoms with Gasteiger partial charge in [-0.05, 0) is 18.2 Å². The Morgan fingerprint density at radius 3 is 2.32 bits per heavy atom. The number of halogens is 5. The lowest BCUT2D eigenvalue weighted by molar-refractivity contribution is -0.150. The monoisotopic (exact) mass is 335 g/mol. The zero-order valence-electron chi connectivity index (χ0n) is 8.96. The molecule has 0 heterocycles. The first-order chi connectivity index (χ1) is 8.49. The van der Waals surface area contributed by atoms with Crippen molar-refractivity contribution in [2.45, 2.75) is 17.5 Å². The summed E-state index contributed by atoms with van der Waals surface area (Å²) >= 11 is 5.59. The maximum absolute atomic E-state index is 11.9. The number of amides is 1. The molecule has 0 aromatic heterocycles. The Bertz CT molecular complexity index is 601. The molecule has 1 N–H and O–H groups in total. The number of carbonyl (C=O) groups excluding carboxylic acids is 1. The smallest absolute Gasteiger partial charge is 0.326 e. The van der Waals surface area contributed by atoms with Gasteiger partial charge in [-0.2, -0.15) is 13.2 Å². The van der Waals surface area contributed by atoms with E-state index in [4.69, 9.17) is 22.3 Å². The van der Waals surface area contributed by atoms with Crippen molar-refractivity contribution in [3.8, 4) is 0 Å². The van der Waals surface area contributed by atoms with Crippen LogP contribution in [0.2, 0.25) is 5.02 Å². The summed E-state index contributed by atoms with van der Waals surface area (Å²) in [6.07, 6.45) is -6.28. The van der Waals surface area contributed by atoms with E-state index in [2.05, 4.69) is 0 Å². The van der Waals surface area contributed by atoms with Crippen molar-refractivity contribution in [2.24, 2.45) is 0 Å². The van der Waals surface area contributed by atoms with Crippen molar-refractivity contribution >= 4 is 42.9 Å². The number of anilines is 1. The third kappa shape index (κ3) is 5.25. The van der Waals surface area contributed by atoms with Gasteiger partial charge in [0.2, 0.25) is 5.91 Å². The van der Waals surface area contributed by atoms with Crippen LogP contribution in [-0.2, 0) is 13.8 Å². The van der Waals surface area contributed by atoms with Crippen molar-refractivity contribution in [2.75, 3.05) is 5.32 Å². The SMILES string of the molecule is O=C(CC(F)(F)F)Nc1ccc(S(=O)(=O)Cl)c(Cl)c1. The highest BCUT2D eigenvalue weighted by atomic mass is 35.7. The first kappa shape index (κ1) is 16.1. The summed E-state index contributed by atoms with van der Waals surface area (Å²) in [7, 11) is 1.00. The van der Waals surface area contributed by atoms with E-state index in [1.807, 2.05) is 5.32 Å². The minimum Gasteiger partial charge on any atom is -0.326 e. The molecule has 0 radical (unpaired) electrons. The highest BCUT2D eigenvalue weighted by Gasteiger charge is 2.31. The molecule has 1 aromatic carbocycles. The molecule has 0 atom stereocenters. The van der Waals surface area contributed by atoms with Gasteiger partial charge < -0.3 is 5.32 Å². The Kier molecular flexibility index (Phi) is 4.70.